The number of hydrogen-bond donors (Lipinski definition) is 4. The van der Waals surface area contributed by atoms with Gasteiger partial charge in [0.15, 0.2) is 12.2 Å². The van der Waals surface area contributed by atoms with Gasteiger partial charge >= 0.3 is 0 Å². The van der Waals surface area contributed by atoms with E-state index in [0.717, 1.165) is 48.3 Å². The molecule has 1 saturated heterocycles. The molecule has 1 fully saturated rings. The number of aromatic nitrogens is 1. The zero-order valence-electron chi connectivity index (χ0n) is 28.3. The van der Waals surface area contributed by atoms with E-state index in [0.29, 0.717) is 43.9 Å². The molecule has 1 aliphatic heterocycles. The summed E-state index contributed by atoms with van der Waals surface area (Å²) in [6.07, 6.45) is 5.29. The van der Waals surface area contributed by atoms with Crippen LogP contribution in [0.25, 0.3) is 11.3 Å². The summed E-state index contributed by atoms with van der Waals surface area (Å²) in [6.45, 7) is 9.38. The maximum Gasteiger partial charge on any atom is 0.248 e. The maximum absolute atomic E-state index is 13.8. The normalized spacial score (nSPS) is 15.2. The Bertz CT molecular complexity index is 1530. The number of rotatable bonds is 16. The van der Waals surface area contributed by atoms with Crippen molar-refractivity contribution in [3.63, 3.8) is 0 Å². The second kappa shape index (κ2) is 16.9. The summed E-state index contributed by atoms with van der Waals surface area (Å²) in [5, 5.41) is 9.15. The number of amides is 4. The van der Waals surface area contributed by atoms with Crippen molar-refractivity contribution in [1.82, 2.24) is 20.5 Å². The van der Waals surface area contributed by atoms with Crippen molar-refractivity contribution in [3.05, 3.63) is 71.7 Å². The molecule has 4 rings (SSSR count). The smallest absolute Gasteiger partial charge is 0.248 e. The summed E-state index contributed by atoms with van der Waals surface area (Å²) < 4.78 is 11.1. The zero-order valence-corrected chi connectivity index (χ0v) is 28.3. The Morgan fingerprint density at radius 3 is 2.42 bits per heavy atom. The number of aryl methyl sites for hydroxylation is 1. The van der Waals surface area contributed by atoms with E-state index in [-0.39, 0.29) is 24.3 Å². The number of hydrogen-bond acceptors (Lipinski definition) is 8. The molecule has 1 unspecified atom stereocenters. The Morgan fingerprint density at radius 2 is 1.77 bits per heavy atom. The van der Waals surface area contributed by atoms with Gasteiger partial charge in [0.2, 0.25) is 23.6 Å². The number of nitrogens with one attached hydrogen (secondary N) is 3. The number of unbranched alkanes of at least 4 members (excludes halogenated alkanes) is 2. The Hall–Kier alpha value is -4.71. The van der Waals surface area contributed by atoms with Gasteiger partial charge in [0.25, 0.3) is 0 Å². The number of oxazole rings is 1. The number of carbonyl (C=O) groups is 4. The summed E-state index contributed by atoms with van der Waals surface area (Å²) in [5.41, 5.74) is 8.71. The Balaban J connectivity index is 1.18. The lowest BCUT2D eigenvalue weighted by Crippen LogP contribution is -2.58. The lowest BCUT2D eigenvalue weighted by atomic mass is 9.85. The average molecular weight is 661 g/mol. The predicted octanol–water partition coefficient (Wildman–Crippen LogP) is 4.19. The zero-order chi connectivity index (χ0) is 34.7. The molecule has 3 aromatic rings. The van der Waals surface area contributed by atoms with Gasteiger partial charge in [0, 0.05) is 43.1 Å². The minimum absolute atomic E-state index is 0.150. The standard InChI is InChI=1S/C36H48N6O6/c1-24-31(48-23-40-24)26-12-10-25(11-13-26)21-39-34(45)29-9-8-19-42(29)35(46)32(36(2,3)4)41-30(43)22-47-20-7-5-6-18-38-28-16-14-27(15-17-28)33(37)44/h10-17,23,29,32,38H,5-9,18-22H2,1-4H3,(H2,37,44)(H,39,45)(H,41,43)/t29-,32?/m0/s1. The topological polar surface area (TPSA) is 169 Å². The van der Waals surface area contributed by atoms with Gasteiger partial charge in [-0.3, -0.25) is 19.2 Å². The molecule has 258 valence electrons. The van der Waals surface area contributed by atoms with Gasteiger partial charge in [-0.15, -0.1) is 0 Å². The molecular weight excluding hydrogens is 612 g/mol. The fourth-order valence-corrected chi connectivity index (χ4v) is 5.64. The van der Waals surface area contributed by atoms with Crippen molar-refractivity contribution in [3.8, 4) is 11.3 Å². The van der Waals surface area contributed by atoms with Gasteiger partial charge in [0.05, 0.1) is 5.69 Å². The van der Waals surface area contributed by atoms with E-state index in [2.05, 4.69) is 20.9 Å². The highest BCUT2D eigenvalue weighted by molar-refractivity contribution is 5.93. The minimum Gasteiger partial charge on any atom is -0.443 e. The van der Waals surface area contributed by atoms with Crippen molar-refractivity contribution in [1.29, 1.82) is 0 Å². The Labute approximate surface area is 282 Å². The molecule has 1 aliphatic rings. The first-order valence-electron chi connectivity index (χ1n) is 16.5. The van der Waals surface area contributed by atoms with E-state index in [1.165, 1.54) is 6.39 Å². The number of primary amides is 1. The first-order valence-corrected chi connectivity index (χ1v) is 16.5. The molecule has 1 aromatic heterocycles. The fraction of sp³-hybridized carbons (Fsp3) is 0.472. The third kappa shape index (κ3) is 10.1. The fourth-order valence-electron chi connectivity index (χ4n) is 5.64. The molecule has 48 heavy (non-hydrogen) atoms. The number of nitrogens with zero attached hydrogens (tertiary/aromatic N) is 2. The molecule has 0 spiro atoms. The molecule has 2 atom stereocenters. The van der Waals surface area contributed by atoms with Crippen LogP contribution in [0.15, 0.2) is 59.3 Å². The molecule has 0 radical (unpaired) electrons. The number of anilines is 1. The molecule has 12 heteroatoms. The van der Waals surface area contributed by atoms with Gasteiger partial charge in [-0.1, -0.05) is 45.0 Å². The van der Waals surface area contributed by atoms with E-state index in [1.807, 2.05) is 64.1 Å². The Morgan fingerprint density at radius 1 is 1.04 bits per heavy atom. The lowest BCUT2D eigenvalue weighted by Gasteiger charge is -2.35. The number of carbonyl (C=O) groups excluding carboxylic acids is 4. The van der Waals surface area contributed by atoms with E-state index in [1.54, 1.807) is 17.0 Å². The first kappa shape index (κ1) is 36.1. The van der Waals surface area contributed by atoms with Crippen LogP contribution < -0.4 is 21.7 Å². The van der Waals surface area contributed by atoms with Crippen LogP contribution in [-0.2, 0) is 25.7 Å². The van der Waals surface area contributed by atoms with E-state index >= 15 is 0 Å². The first-order chi connectivity index (χ1) is 22.9. The number of ether oxygens (including phenoxy) is 1. The van der Waals surface area contributed by atoms with Gasteiger partial charge in [0.1, 0.15) is 18.7 Å². The highest BCUT2D eigenvalue weighted by Gasteiger charge is 2.41. The molecule has 4 amide bonds. The summed E-state index contributed by atoms with van der Waals surface area (Å²) >= 11 is 0. The third-order valence-electron chi connectivity index (χ3n) is 8.38. The molecule has 5 N–H and O–H groups in total. The highest BCUT2D eigenvalue weighted by atomic mass is 16.5. The molecule has 12 nitrogen and oxygen atoms in total. The summed E-state index contributed by atoms with van der Waals surface area (Å²) in [5.74, 6) is -0.587. The van der Waals surface area contributed by atoms with Crippen LogP contribution in [0.5, 0.6) is 0 Å². The number of likely N-dealkylation sites (tertiary alicyclic amines) is 1. The van der Waals surface area contributed by atoms with Crippen molar-refractivity contribution in [2.75, 3.05) is 31.6 Å². The minimum atomic E-state index is -0.808. The average Bonchev–Trinajstić information content (AvgIpc) is 3.73. The summed E-state index contributed by atoms with van der Waals surface area (Å²) in [4.78, 5) is 56.8. The van der Waals surface area contributed by atoms with Gasteiger partial charge in [-0.25, -0.2) is 4.98 Å². The van der Waals surface area contributed by atoms with Crippen molar-refractivity contribution in [2.24, 2.45) is 11.1 Å². The largest absolute Gasteiger partial charge is 0.443 e. The Kier molecular flexibility index (Phi) is 12.7. The summed E-state index contributed by atoms with van der Waals surface area (Å²) in [7, 11) is 0. The van der Waals surface area contributed by atoms with E-state index in [9.17, 15) is 19.2 Å². The quantitative estimate of drug-likeness (QED) is 0.166. The number of nitrogens with two attached hydrogens (primary N) is 1. The number of benzene rings is 2. The molecule has 0 aliphatic carbocycles. The van der Waals surface area contributed by atoms with Gasteiger partial charge < -0.3 is 35.7 Å². The molecule has 0 saturated carbocycles. The van der Waals surface area contributed by atoms with Crippen LogP contribution in [-0.4, -0.2) is 71.9 Å². The lowest BCUT2D eigenvalue weighted by molar-refractivity contribution is -0.144. The van der Waals surface area contributed by atoms with Crippen LogP contribution in [0.2, 0.25) is 0 Å². The molecular formula is C36H48N6O6. The highest BCUT2D eigenvalue weighted by Crippen LogP contribution is 2.26. The SMILES string of the molecule is Cc1ncoc1-c1ccc(CNC(=O)[C@@H]2CCCN2C(=O)C(NC(=O)COCCCCCNc2ccc(C(N)=O)cc2)C(C)(C)C)cc1. The predicted molar refractivity (Wildman–Crippen MR) is 183 cm³/mol. The maximum atomic E-state index is 13.8. The van der Waals surface area contributed by atoms with Crippen LogP contribution in [0.1, 0.15) is 74.5 Å². The van der Waals surface area contributed by atoms with Crippen LogP contribution in [0.3, 0.4) is 0 Å². The summed E-state index contributed by atoms with van der Waals surface area (Å²) in [6, 6.07) is 13.3. The van der Waals surface area contributed by atoms with E-state index < -0.39 is 23.4 Å². The van der Waals surface area contributed by atoms with Crippen molar-refractivity contribution in [2.45, 2.75) is 78.4 Å². The van der Waals surface area contributed by atoms with Crippen LogP contribution in [0.4, 0.5) is 5.69 Å². The van der Waals surface area contributed by atoms with E-state index in [4.69, 9.17) is 14.9 Å². The molecule has 2 aromatic carbocycles. The van der Waals surface area contributed by atoms with Gasteiger partial charge in [-0.2, -0.15) is 0 Å². The van der Waals surface area contributed by atoms with Crippen molar-refractivity contribution < 1.29 is 28.3 Å². The van der Waals surface area contributed by atoms with Crippen LogP contribution in [0, 0.1) is 12.3 Å². The monoisotopic (exact) mass is 660 g/mol. The third-order valence-corrected chi connectivity index (χ3v) is 8.38. The molecule has 2 heterocycles. The molecule has 0 bridgehead atoms. The van der Waals surface area contributed by atoms with Crippen LogP contribution >= 0.6 is 0 Å². The van der Waals surface area contributed by atoms with Crippen molar-refractivity contribution >= 4 is 29.3 Å². The second-order valence-corrected chi connectivity index (χ2v) is 13.2. The van der Waals surface area contributed by atoms with Gasteiger partial charge in [-0.05, 0) is 74.3 Å². The second-order valence-electron chi connectivity index (χ2n) is 13.2.